The Hall–Kier alpha value is -2.82. The number of aromatic nitrogens is 1. The fourth-order valence-corrected chi connectivity index (χ4v) is 2.02. The average Bonchev–Trinajstić information content (AvgIpc) is 2.48. The van der Waals surface area contributed by atoms with Gasteiger partial charge in [0.25, 0.3) is 5.91 Å². The highest BCUT2D eigenvalue weighted by Crippen LogP contribution is 2.28. The lowest BCUT2D eigenvalue weighted by atomic mass is 10.1. The summed E-state index contributed by atoms with van der Waals surface area (Å²) in [5.74, 6) is 0.960. The summed E-state index contributed by atoms with van der Waals surface area (Å²) < 4.78 is 5.60. The molecule has 0 atom stereocenters. The molecule has 1 aliphatic heterocycles. The number of pyridine rings is 1. The zero-order chi connectivity index (χ0) is 14.8. The van der Waals surface area contributed by atoms with Gasteiger partial charge in [-0.1, -0.05) is 12.1 Å². The molecular formula is C16H15N3O2. The molecule has 0 saturated carbocycles. The van der Waals surface area contributed by atoms with E-state index in [1.807, 2.05) is 43.3 Å². The Morgan fingerprint density at radius 3 is 2.67 bits per heavy atom. The third-order valence-electron chi connectivity index (χ3n) is 3.15. The number of hydrogen-bond donors (Lipinski definition) is 1. The average molecular weight is 281 g/mol. The van der Waals surface area contributed by atoms with Crippen LogP contribution in [0.15, 0.2) is 48.4 Å². The van der Waals surface area contributed by atoms with Crippen LogP contribution in [0, 0.1) is 0 Å². The molecule has 0 spiro atoms. The number of rotatable bonds is 2. The van der Waals surface area contributed by atoms with Crippen molar-refractivity contribution in [1.82, 2.24) is 4.98 Å². The summed E-state index contributed by atoms with van der Waals surface area (Å²) in [4.78, 5) is 18.1. The summed E-state index contributed by atoms with van der Waals surface area (Å²) in [7, 11) is 3.96. The van der Waals surface area contributed by atoms with Gasteiger partial charge in [0.15, 0.2) is 17.3 Å². The van der Waals surface area contributed by atoms with E-state index < -0.39 is 0 Å². The maximum absolute atomic E-state index is 12.0. The SMILES string of the molecule is CN(C)c1ccc(C=C2Oc3cccnc3NC2=O)cc1. The Morgan fingerprint density at radius 1 is 1.19 bits per heavy atom. The smallest absolute Gasteiger partial charge is 0.292 e. The molecule has 21 heavy (non-hydrogen) atoms. The highest BCUT2D eigenvalue weighted by atomic mass is 16.5. The van der Waals surface area contributed by atoms with Gasteiger partial charge in [-0.15, -0.1) is 0 Å². The Morgan fingerprint density at radius 2 is 1.95 bits per heavy atom. The van der Waals surface area contributed by atoms with Gasteiger partial charge in [0.1, 0.15) is 0 Å². The van der Waals surface area contributed by atoms with Crippen molar-refractivity contribution in [2.75, 3.05) is 24.3 Å². The van der Waals surface area contributed by atoms with Crippen LogP contribution < -0.4 is 15.0 Å². The summed E-state index contributed by atoms with van der Waals surface area (Å²) >= 11 is 0. The van der Waals surface area contributed by atoms with Crippen molar-refractivity contribution in [1.29, 1.82) is 0 Å². The molecule has 0 bridgehead atoms. The zero-order valence-electron chi connectivity index (χ0n) is 11.8. The normalized spacial score (nSPS) is 15.1. The highest BCUT2D eigenvalue weighted by molar-refractivity contribution is 6.07. The number of carbonyl (C=O) groups excluding carboxylic acids is 1. The maximum Gasteiger partial charge on any atom is 0.292 e. The zero-order valence-corrected chi connectivity index (χ0v) is 11.8. The largest absolute Gasteiger partial charge is 0.448 e. The van der Waals surface area contributed by atoms with Crippen molar-refractivity contribution in [3.05, 3.63) is 53.9 Å². The lowest BCUT2D eigenvalue weighted by molar-refractivity contribution is -0.115. The van der Waals surface area contributed by atoms with Gasteiger partial charge < -0.3 is 15.0 Å². The van der Waals surface area contributed by atoms with Gasteiger partial charge in [-0.2, -0.15) is 0 Å². The molecule has 1 aromatic carbocycles. The highest BCUT2D eigenvalue weighted by Gasteiger charge is 2.22. The number of fused-ring (bicyclic) bond motifs is 1. The molecule has 1 aromatic heterocycles. The quantitative estimate of drug-likeness (QED) is 0.859. The Labute approximate surface area is 122 Å². The van der Waals surface area contributed by atoms with Crippen LogP contribution in [-0.4, -0.2) is 25.0 Å². The summed E-state index contributed by atoms with van der Waals surface area (Å²) in [5.41, 5.74) is 2.00. The first-order valence-corrected chi connectivity index (χ1v) is 6.57. The van der Waals surface area contributed by atoms with Crippen molar-refractivity contribution in [3.63, 3.8) is 0 Å². The van der Waals surface area contributed by atoms with Crippen molar-refractivity contribution in [2.24, 2.45) is 0 Å². The summed E-state index contributed by atoms with van der Waals surface area (Å²) in [6.07, 6.45) is 3.32. The van der Waals surface area contributed by atoms with Crippen molar-refractivity contribution in [3.8, 4) is 5.75 Å². The Balaban J connectivity index is 1.88. The molecule has 5 nitrogen and oxygen atoms in total. The summed E-state index contributed by atoms with van der Waals surface area (Å²) in [6, 6.07) is 11.4. The summed E-state index contributed by atoms with van der Waals surface area (Å²) in [6.45, 7) is 0. The monoisotopic (exact) mass is 281 g/mol. The standard InChI is InChI=1S/C16H15N3O2/c1-19(2)12-7-5-11(6-8-12)10-14-16(20)18-15-13(21-14)4-3-9-17-15/h3-10H,1-2H3,(H,17,18,20). The predicted octanol–water partition coefficient (Wildman–Crippen LogP) is 2.52. The van der Waals surface area contributed by atoms with E-state index in [1.165, 1.54) is 0 Å². The lowest BCUT2D eigenvalue weighted by Crippen LogP contribution is -2.24. The van der Waals surface area contributed by atoms with Crippen LogP contribution in [0.4, 0.5) is 11.5 Å². The van der Waals surface area contributed by atoms with Crippen LogP contribution in [-0.2, 0) is 4.79 Å². The molecule has 2 heterocycles. The second-order valence-electron chi connectivity index (χ2n) is 4.90. The van der Waals surface area contributed by atoms with Crippen LogP contribution in [0.1, 0.15) is 5.56 Å². The van der Waals surface area contributed by atoms with Gasteiger partial charge in [-0.25, -0.2) is 4.98 Å². The third-order valence-corrected chi connectivity index (χ3v) is 3.15. The van der Waals surface area contributed by atoms with Gasteiger partial charge in [0, 0.05) is 26.0 Å². The number of nitrogens with zero attached hydrogens (tertiary/aromatic N) is 2. The molecule has 2 aromatic rings. The molecule has 0 fully saturated rings. The van der Waals surface area contributed by atoms with E-state index in [1.54, 1.807) is 24.4 Å². The van der Waals surface area contributed by atoms with Gasteiger partial charge >= 0.3 is 0 Å². The molecule has 3 rings (SSSR count). The van der Waals surface area contributed by atoms with Crippen LogP contribution >= 0.6 is 0 Å². The number of anilines is 2. The van der Waals surface area contributed by atoms with Crippen LogP contribution in [0.25, 0.3) is 6.08 Å². The van der Waals surface area contributed by atoms with E-state index in [2.05, 4.69) is 10.3 Å². The first kappa shape index (κ1) is 13.2. The first-order valence-electron chi connectivity index (χ1n) is 6.57. The van der Waals surface area contributed by atoms with Crippen LogP contribution in [0.2, 0.25) is 0 Å². The fourth-order valence-electron chi connectivity index (χ4n) is 2.02. The lowest BCUT2D eigenvalue weighted by Gasteiger charge is -2.18. The first-order chi connectivity index (χ1) is 10.1. The Bertz CT molecular complexity index is 706. The third kappa shape index (κ3) is 2.72. The molecule has 0 saturated heterocycles. The Kier molecular flexibility index (Phi) is 3.31. The minimum absolute atomic E-state index is 0.258. The van der Waals surface area contributed by atoms with Gasteiger partial charge in [-0.05, 0) is 35.9 Å². The van der Waals surface area contributed by atoms with E-state index in [-0.39, 0.29) is 11.7 Å². The van der Waals surface area contributed by atoms with Crippen molar-refractivity contribution < 1.29 is 9.53 Å². The van der Waals surface area contributed by atoms with Crippen LogP contribution in [0.5, 0.6) is 5.75 Å². The van der Waals surface area contributed by atoms with E-state index in [9.17, 15) is 4.79 Å². The van der Waals surface area contributed by atoms with Gasteiger partial charge in [-0.3, -0.25) is 4.79 Å². The molecular weight excluding hydrogens is 266 g/mol. The maximum atomic E-state index is 12.0. The second-order valence-corrected chi connectivity index (χ2v) is 4.90. The molecule has 0 radical (unpaired) electrons. The topological polar surface area (TPSA) is 54.5 Å². The number of benzene rings is 1. The molecule has 1 amide bonds. The van der Waals surface area contributed by atoms with Crippen molar-refractivity contribution >= 4 is 23.5 Å². The van der Waals surface area contributed by atoms with Crippen molar-refractivity contribution in [2.45, 2.75) is 0 Å². The van der Waals surface area contributed by atoms with Crippen LogP contribution in [0.3, 0.4) is 0 Å². The second kappa shape index (κ2) is 5.28. The van der Waals surface area contributed by atoms with Gasteiger partial charge in [0.2, 0.25) is 0 Å². The van der Waals surface area contributed by atoms with Gasteiger partial charge in [0.05, 0.1) is 0 Å². The molecule has 1 aliphatic rings. The molecule has 5 heteroatoms. The van der Waals surface area contributed by atoms with E-state index >= 15 is 0 Å². The number of carbonyl (C=O) groups is 1. The molecule has 0 aliphatic carbocycles. The van der Waals surface area contributed by atoms with E-state index in [0.29, 0.717) is 11.6 Å². The molecule has 1 N–H and O–H groups in total. The van der Waals surface area contributed by atoms with E-state index in [0.717, 1.165) is 11.3 Å². The van der Waals surface area contributed by atoms with E-state index in [4.69, 9.17) is 4.74 Å². The number of hydrogen-bond acceptors (Lipinski definition) is 4. The minimum atomic E-state index is -0.294. The number of amides is 1. The fraction of sp³-hybridized carbons (Fsp3) is 0.125. The number of ether oxygens (including phenoxy) is 1. The minimum Gasteiger partial charge on any atom is -0.448 e. The summed E-state index contributed by atoms with van der Waals surface area (Å²) in [5, 5.41) is 2.71. The predicted molar refractivity (Wildman–Crippen MR) is 82.2 cm³/mol. The molecule has 106 valence electrons. The number of nitrogens with one attached hydrogen (secondary N) is 1. The molecule has 0 unspecified atom stereocenters.